The molecule has 0 bridgehead atoms. The summed E-state index contributed by atoms with van der Waals surface area (Å²) in [4.78, 5) is 59.6. The third kappa shape index (κ3) is 27.8. The number of hydrogen-bond donors (Lipinski definition) is 5. The normalized spacial score (nSPS) is 16.0. The van der Waals surface area contributed by atoms with Crippen molar-refractivity contribution in [3.8, 4) is 45.0 Å². The Morgan fingerprint density at radius 2 is 0.947 bits per heavy atom. The average Bonchev–Trinajstić information content (AvgIpc) is 1.60. The molecule has 9 aromatic heterocycles. The summed E-state index contributed by atoms with van der Waals surface area (Å²) in [7, 11) is -0.201. The number of aromatic amines is 3. The Bertz CT molecular complexity index is 6630. The van der Waals surface area contributed by atoms with Crippen LogP contribution in [0.25, 0.3) is 86.8 Å². The second-order valence-corrected chi connectivity index (χ2v) is 40.5. The van der Waals surface area contributed by atoms with Gasteiger partial charge in [0, 0.05) is 189 Å². The van der Waals surface area contributed by atoms with Gasteiger partial charge in [-0.05, 0) is 301 Å². The van der Waals surface area contributed by atoms with E-state index in [1.165, 1.54) is 146 Å². The van der Waals surface area contributed by atoms with Gasteiger partial charge < -0.3 is 36.2 Å². The van der Waals surface area contributed by atoms with Crippen LogP contribution in [0.3, 0.4) is 0 Å². The first-order valence-electron chi connectivity index (χ1n) is 42.6. The maximum absolute atomic E-state index is 10.7. The van der Waals surface area contributed by atoms with Crippen LogP contribution in [0.4, 0.5) is 0 Å². The molecule has 35 heteroatoms. The molecule has 1 aliphatic heterocycles. The summed E-state index contributed by atoms with van der Waals surface area (Å²) in [5, 5.41) is 27.6. The number of rotatable bonds is 13. The Balaban J connectivity index is 0.000000138. The summed E-state index contributed by atoms with van der Waals surface area (Å²) >= 11 is 15.6. The Morgan fingerprint density at radius 3 is 1.44 bits per heavy atom. The van der Waals surface area contributed by atoms with E-state index in [-0.39, 0.29) is 111 Å². The third-order valence-corrected chi connectivity index (χ3v) is 27.7. The molecule has 662 valence electrons. The van der Waals surface area contributed by atoms with E-state index in [9.17, 15) is 8.42 Å². The summed E-state index contributed by atoms with van der Waals surface area (Å²) in [6.45, 7) is 10.3. The van der Waals surface area contributed by atoms with Crippen LogP contribution >= 0.6 is 125 Å². The number of fused-ring (bicyclic) bond motifs is 5. The molecule has 131 heavy (non-hydrogen) atoms. The molecule has 10 heterocycles. The molecule has 6 N–H and O–H groups in total. The number of aryl methyl sites for hydroxylation is 1. The van der Waals surface area contributed by atoms with Crippen molar-refractivity contribution in [2.75, 3.05) is 0 Å². The van der Waals surface area contributed by atoms with Crippen LogP contribution in [0.1, 0.15) is 204 Å². The monoisotopic (exact) mass is 2400 g/mol. The van der Waals surface area contributed by atoms with Crippen LogP contribution in [0, 0.1) is 10.5 Å². The van der Waals surface area contributed by atoms with E-state index < -0.39 is 16.2 Å². The van der Waals surface area contributed by atoms with Gasteiger partial charge in [-0.3, -0.25) is 30.0 Å². The van der Waals surface area contributed by atoms with Crippen LogP contribution in [-0.4, -0.2) is 129 Å². The molecule has 8 aliphatic carbocycles. The molecule has 0 amide bonds. The van der Waals surface area contributed by atoms with Gasteiger partial charge in [0.25, 0.3) is 9.05 Å². The van der Waals surface area contributed by atoms with E-state index in [0.29, 0.717) is 35.1 Å². The number of hydrogen-bond acceptors (Lipinski definition) is 20. The minimum Gasteiger partial charge on any atom is -1.00 e. The summed E-state index contributed by atoms with van der Waals surface area (Å²) in [5.41, 5.74) is 25.8. The van der Waals surface area contributed by atoms with Crippen LogP contribution in [0.2, 0.25) is 0 Å². The zero-order chi connectivity index (χ0) is 89.4. The number of nitrogens with one attached hydrogen (secondary N) is 3. The number of halogens is 7. The van der Waals surface area contributed by atoms with Crippen molar-refractivity contribution >= 4 is 195 Å². The summed E-state index contributed by atoms with van der Waals surface area (Å²) < 4.78 is 38.3. The predicted octanol–water partition coefficient (Wildman–Crippen LogP) is 17.7. The largest absolute Gasteiger partial charge is 1.00 e. The van der Waals surface area contributed by atoms with E-state index in [1.807, 2.05) is 81.2 Å². The Kier molecular flexibility index (Phi) is 36.7. The van der Waals surface area contributed by atoms with Crippen LogP contribution < -0.4 is 86.4 Å². The molecule has 7 fully saturated rings. The Hall–Kier alpha value is -5.48. The molecule has 0 unspecified atom stereocenters. The zero-order valence-electron chi connectivity index (χ0n) is 74.2. The standard InChI is InChI=1S/C22H25BN2O2.C16H13IN2.C15H12IN3.C15H13N3.C7H7BN2O2.2C7H7BrN2.C7H7ClO2S.I2.K.Na.H2O.H/c1-21(2)22(3,4)27-23(26-21)18-10-9-14-5-8-16(11-17(14)18)20-13-24-12-19(25-20)15-6-7-15;17-14-6-5-10-1-4-12(7-13(10)14)16-9-18-8-15(19-16)11-2-3-11;16-12-6-18-13-4-3-10(5-11(12)13)15-8-17-7-14(19-15)9-1-2-9;1-2-10(1)14-8-16-9-15(18-14)11-3-4-13-12(7-11)5-6-17-13;11-8(12)6-1-2-7-5(3-6)4-9-10-7;8-7-4-9-3-6(10-7)5-1-2-5;8-7-3-6(5-1-2-5)9-4-10-7;1-6-2-4-7(5-3-6)11(8,9)10;1-2;;;;/h5,8,10-13,15H,6-7,9H2,1-4H3;1,4,6-9,11H,2-3,5H2;3-9,18H,1-2H2;3-10,17H,1-2H2;1-4,11-12H,(H,9,10);2*3-5H,1-2H2;2-5H,1H3;;;;1H2;/q;;;;;;;;;2*+1;;-1/p-1. The van der Waals surface area contributed by atoms with Gasteiger partial charge in [-0.1, -0.05) is 78.4 Å². The van der Waals surface area contributed by atoms with Crippen LogP contribution in [-0.2, 0) is 31.2 Å². The first-order valence-corrected chi connectivity index (χ1v) is 54.9. The first kappa shape index (κ1) is 103. The number of benzene rings is 6. The Morgan fingerprint density at radius 1 is 0.496 bits per heavy atom. The van der Waals surface area contributed by atoms with Crippen molar-refractivity contribution in [1.29, 1.82) is 0 Å². The van der Waals surface area contributed by atoms with Gasteiger partial charge in [0.1, 0.15) is 15.5 Å². The fraction of sp³-hybridized carbons (Fsp3) is 0.281. The molecule has 0 radical (unpaired) electrons. The van der Waals surface area contributed by atoms with Gasteiger partial charge in [-0.25, -0.2) is 43.3 Å². The van der Waals surface area contributed by atoms with Crippen LogP contribution in [0.15, 0.2) is 241 Å². The van der Waals surface area contributed by atoms with E-state index in [0.717, 1.165) is 123 Å². The van der Waals surface area contributed by atoms with E-state index in [4.69, 9.17) is 50.0 Å². The molecule has 6 aromatic carbocycles. The first-order chi connectivity index (χ1) is 61.8. The smallest absolute Gasteiger partial charge is 1.00 e. The molecule has 1 saturated heterocycles. The minimum atomic E-state index is -3.55. The SMILES string of the molecule is Brc1cc(C2CC2)ncn1.Brc1cncc(C2CC2)n1.CC1(C)OB(C2=CCc3ccc(-c4cncc(C5CC5)n4)cc32)OC1(C)C.Cc1ccc(S(=O)(=O)Cl)cc1.IC1=CCc2ccc(-c3cncc(C4CC4)n3)cc21.II.Ic1c[nH]c2ccc(-c3cncc(C4CC4)n3)cc12.OB(O)c1ccc2[nH]ncc2c1.[H-].[K+].[Na+].[OH-].c1cc2cc(-c3cncc(C4CC4)n3)ccc2[nH]1. The average molecular weight is 2400 g/mol. The Labute approximate surface area is 901 Å². The second-order valence-electron chi connectivity index (χ2n) is 34.0. The molecule has 0 spiro atoms. The maximum atomic E-state index is 10.7. The van der Waals surface area contributed by atoms with Crippen LogP contribution in [0.5, 0.6) is 0 Å². The topological polar surface area (TPSA) is 338 Å². The summed E-state index contributed by atoms with van der Waals surface area (Å²) in [5.74, 6) is 3.97. The number of H-pyrrole nitrogens is 3. The third-order valence-electron chi connectivity index (χ3n) is 23.6. The van der Waals surface area contributed by atoms with E-state index in [2.05, 4.69) is 293 Å². The minimum absolute atomic E-state index is 0. The van der Waals surface area contributed by atoms with Gasteiger partial charge in [0.05, 0.1) is 110 Å². The van der Waals surface area contributed by atoms with E-state index in [1.54, 1.807) is 49.1 Å². The molecule has 15 aromatic rings. The van der Waals surface area contributed by atoms with Gasteiger partial charge in [-0.15, -0.1) is 0 Å². The molecular formula is C96H93B2Br2ClI4KN16NaO7S. The van der Waals surface area contributed by atoms with Crippen molar-refractivity contribution in [3.05, 3.63) is 301 Å². The predicted molar refractivity (Wildman–Crippen MR) is 552 cm³/mol. The molecule has 24 rings (SSSR count). The van der Waals surface area contributed by atoms with Crippen molar-refractivity contribution in [3.63, 3.8) is 0 Å². The maximum Gasteiger partial charge on any atom is 1.00 e. The fourth-order valence-corrected chi connectivity index (χ4v) is 17.4. The number of aromatic nitrogens is 16. The van der Waals surface area contributed by atoms with Crippen molar-refractivity contribution in [2.45, 2.75) is 176 Å². The second kappa shape index (κ2) is 46.8. The van der Waals surface area contributed by atoms with Gasteiger partial charge in [-0.2, -0.15) is 5.10 Å². The molecular weight excluding hydrogens is 2310 g/mol. The number of nitrogens with zero attached hydrogens (tertiary/aromatic N) is 13. The quantitative estimate of drug-likeness (QED) is 0.0310. The van der Waals surface area contributed by atoms with Crippen molar-refractivity contribution in [2.24, 2.45) is 0 Å². The van der Waals surface area contributed by atoms with Gasteiger partial charge in [0.2, 0.25) is 0 Å². The summed E-state index contributed by atoms with van der Waals surface area (Å²) in [6.07, 6.45) is 47.5. The number of allylic oxidation sites excluding steroid dienone is 2. The van der Waals surface area contributed by atoms with Gasteiger partial charge in [0.15, 0.2) is 0 Å². The summed E-state index contributed by atoms with van der Waals surface area (Å²) in [6, 6.07) is 41.5. The van der Waals surface area contributed by atoms with Crippen molar-refractivity contribution < 1.29 is 116 Å². The van der Waals surface area contributed by atoms with Gasteiger partial charge >= 0.3 is 95.2 Å². The zero-order valence-corrected chi connectivity index (χ0v) is 91.7. The fourth-order valence-electron chi connectivity index (χ4n) is 14.7. The van der Waals surface area contributed by atoms with E-state index >= 15 is 0 Å². The molecule has 0 atom stereocenters. The molecule has 23 nitrogen and oxygen atoms in total. The molecule has 6 saturated carbocycles. The van der Waals surface area contributed by atoms with Crippen molar-refractivity contribution in [1.82, 2.24) is 80.0 Å². The molecule has 9 aliphatic rings.